The second kappa shape index (κ2) is 7.83. The minimum atomic E-state index is -0.0492. The Kier molecular flexibility index (Phi) is 5.53. The van der Waals surface area contributed by atoms with Crippen LogP contribution in [0.4, 0.5) is 0 Å². The Bertz CT molecular complexity index is 719. The topological polar surface area (TPSA) is 50.2 Å². The number of carbonyl (C=O) groups excluding carboxylic acids is 1. The van der Waals surface area contributed by atoms with Crippen LogP contribution < -0.4 is 5.32 Å². The number of rotatable bonds is 7. The number of aromatic nitrogens is 2. The van der Waals surface area contributed by atoms with Gasteiger partial charge in [-0.1, -0.05) is 32.0 Å². The van der Waals surface area contributed by atoms with Crippen LogP contribution in [-0.2, 0) is 12.8 Å². The molecule has 0 radical (unpaired) electrons. The minimum absolute atomic E-state index is 0.0492. The lowest BCUT2D eigenvalue weighted by Crippen LogP contribution is -2.42. The third-order valence-corrected chi connectivity index (χ3v) is 5.14. The molecule has 0 aliphatic heterocycles. The number of para-hydroxylation sites is 1. The number of benzene rings is 1. The van der Waals surface area contributed by atoms with E-state index < -0.39 is 0 Å². The zero-order valence-electron chi connectivity index (χ0n) is 15.5. The van der Waals surface area contributed by atoms with Gasteiger partial charge in [-0.15, -0.1) is 0 Å². The van der Waals surface area contributed by atoms with Gasteiger partial charge in [-0.25, -0.2) is 4.68 Å². The number of nitrogens with one attached hydrogen (secondary N) is 1. The maximum Gasteiger partial charge on any atom is 0.272 e. The van der Waals surface area contributed by atoms with Gasteiger partial charge >= 0.3 is 0 Å². The summed E-state index contributed by atoms with van der Waals surface area (Å²) in [5.41, 5.74) is 3.93. The molecule has 0 fully saturated rings. The molecule has 1 aliphatic rings. The summed E-state index contributed by atoms with van der Waals surface area (Å²) in [7, 11) is 0. The molecule has 1 aliphatic carbocycles. The molecule has 0 spiro atoms. The quantitative estimate of drug-likeness (QED) is 0.843. The van der Waals surface area contributed by atoms with Crippen molar-refractivity contribution in [2.75, 3.05) is 19.6 Å². The summed E-state index contributed by atoms with van der Waals surface area (Å²) in [5.74, 6) is -0.0492. The molecule has 3 rings (SSSR count). The molecule has 0 saturated heterocycles. The summed E-state index contributed by atoms with van der Waals surface area (Å²) >= 11 is 0. The van der Waals surface area contributed by atoms with E-state index in [1.54, 1.807) is 0 Å². The van der Waals surface area contributed by atoms with E-state index in [0.717, 1.165) is 43.6 Å². The van der Waals surface area contributed by atoms with Gasteiger partial charge in [0.15, 0.2) is 5.69 Å². The molecule has 1 atom stereocenters. The number of fused-ring (bicyclic) bond motifs is 1. The van der Waals surface area contributed by atoms with Gasteiger partial charge in [-0.05, 0) is 51.4 Å². The first-order valence-electron chi connectivity index (χ1n) is 9.34. The first-order chi connectivity index (χ1) is 12.2. The summed E-state index contributed by atoms with van der Waals surface area (Å²) < 4.78 is 1.95. The summed E-state index contributed by atoms with van der Waals surface area (Å²) in [4.78, 5) is 15.1. The van der Waals surface area contributed by atoms with E-state index in [2.05, 4.69) is 36.1 Å². The molecular formula is C20H28N4O. The van der Waals surface area contributed by atoms with Crippen molar-refractivity contribution in [2.24, 2.45) is 0 Å². The Morgan fingerprint density at radius 2 is 1.96 bits per heavy atom. The van der Waals surface area contributed by atoms with Gasteiger partial charge in [0.1, 0.15) is 0 Å². The summed E-state index contributed by atoms with van der Waals surface area (Å²) in [6, 6.07) is 10.4. The van der Waals surface area contributed by atoms with Gasteiger partial charge in [0.25, 0.3) is 5.91 Å². The first-order valence-corrected chi connectivity index (χ1v) is 9.34. The monoisotopic (exact) mass is 340 g/mol. The third-order valence-electron chi connectivity index (χ3n) is 5.14. The average molecular weight is 340 g/mol. The molecule has 1 N–H and O–H groups in total. The molecule has 1 heterocycles. The first kappa shape index (κ1) is 17.7. The van der Waals surface area contributed by atoms with Crippen LogP contribution in [0.5, 0.6) is 0 Å². The predicted octanol–water partition coefficient (Wildman–Crippen LogP) is 2.82. The molecule has 1 aromatic carbocycles. The van der Waals surface area contributed by atoms with Crippen molar-refractivity contribution in [3.05, 3.63) is 47.3 Å². The Morgan fingerprint density at radius 3 is 2.64 bits per heavy atom. The van der Waals surface area contributed by atoms with Crippen LogP contribution >= 0.6 is 0 Å². The van der Waals surface area contributed by atoms with Crippen LogP contribution in [0.15, 0.2) is 30.3 Å². The second-order valence-corrected chi connectivity index (χ2v) is 6.66. The average Bonchev–Trinajstić information content (AvgIpc) is 3.24. The maximum atomic E-state index is 12.7. The van der Waals surface area contributed by atoms with E-state index in [9.17, 15) is 4.79 Å². The van der Waals surface area contributed by atoms with E-state index in [1.165, 1.54) is 5.69 Å². The van der Waals surface area contributed by atoms with Crippen LogP contribution in [0, 0.1) is 0 Å². The fraction of sp³-hybridized carbons (Fsp3) is 0.500. The van der Waals surface area contributed by atoms with Crippen molar-refractivity contribution in [3.63, 3.8) is 0 Å². The largest absolute Gasteiger partial charge is 0.349 e. The van der Waals surface area contributed by atoms with Gasteiger partial charge in [0, 0.05) is 23.8 Å². The molecule has 25 heavy (non-hydrogen) atoms. The Labute approximate surface area is 150 Å². The van der Waals surface area contributed by atoms with Crippen LogP contribution in [0.1, 0.15) is 48.9 Å². The van der Waals surface area contributed by atoms with Gasteiger partial charge < -0.3 is 5.32 Å². The van der Waals surface area contributed by atoms with Crippen LogP contribution in [-0.4, -0.2) is 46.3 Å². The highest BCUT2D eigenvalue weighted by molar-refractivity contribution is 5.94. The summed E-state index contributed by atoms with van der Waals surface area (Å²) in [5, 5.41) is 7.74. The number of amides is 1. The SMILES string of the molecule is CCN(CC)C(C)CNC(=O)c1nn(-c2ccccc2)c2c1CCC2. The number of carbonyl (C=O) groups is 1. The number of likely N-dealkylation sites (N-methyl/N-ethyl adjacent to an activating group) is 1. The fourth-order valence-electron chi connectivity index (χ4n) is 3.70. The fourth-order valence-corrected chi connectivity index (χ4v) is 3.70. The van der Waals surface area contributed by atoms with Crippen molar-refractivity contribution in [1.29, 1.82) is 0 Å². The van der Waals surface area contributed by atoms with Crippen LogP contribution in [0.3, 0.4) is 0 Å². The van der Waals surface area contributed by atoms with Gasteiger partial charge in [-0.2, -0.15) is 5.10 Å². The lowest BCUT2D eigenvalue weighted by molar-refractivity contribution is 0.0931. The Hall–Kier alpha value is -2.14. The van der Waals surface area contributed by atoms with Gasteiger partial charge in [0.05, 0.1) is 5.69 Å². The van der Waals surface area contributed by atoms with Gasteiger partial charge in [0.2, 0.25) is 0 Å². The molecule has 2 aromatic rings. The summed E-state index contributed by atoms with van der Waals surface area (Å²) in [6.45, 7) is 9.08. The Morgan fingerprint density at radius 1 is 1.24 bits per heavy atom. The van der Waals surface area contributed by atoms with Crippen molar-refractivity contribution in [3.8, 4) is 5.69 Å². The Balaban J connectivity index is 1.78. The highest BCUT2D eigenvalue weighted by Gasteiger charge is 2.27. The van der Waals surface area contributed by atoms with Gasteiger partial charge in [-0.3, -0.25) is 9.69 Å². The van der Waals surface area contributed by atoms with E-state index in [-0.39, 0.29) is 5.91 Å². The van der Waals surface area contributed by atoms with Crippen molar-refractivity contribution >= 4 is 5.91 Å². The van der Waals surface area contributed by atoms with E-state index in [1.807, 2.05) is 35.0 Å². The van der Waals surface area contributed by atoms with Crippen molar-refractivity contribution in [1.82, 2.24) is 20.0 Å². The maximum absolute atomic E-state index is 12.7. The zero-order chi connectivity index (χ0) is 17.8. The van der Waals surface area contributed by atoms with E-state index in [4.69, 9.17) is 0 Å². The second-order valence-electron chi connectivity index (χ2n) is 6.66. The lowest BCUT2D eigenvalue weighted by atomic mass is 10.2. The third kappa shape index (κ3) is 3.61. The lowest BCUT2D eigenvalue weighted by Gasteiger charge is -2.26. The zero-order valence-corrected chi connectivity index (χ0v) is 15.5. The number of nitrogens with zero attached hydrogens (tertiary/aromatic N) is 3. The highest BCUT2D eigenvalue weighted by Crippen LogP contribution is 2.27. The number of hydrogen-bond donors (Lipinski definition) is 1. The van der Waals surface area contributed by atoms with E-state index in [0.29, 0.717) is 18.3 Å². The molecule has 5 nitrogen and oxygen atoms in total. The standard InChI is InChI=1S/C20H28N4O/c1-4-23(5-2)15(3)14-21-20(25)19-17-12-9-13-18(17)24(22-19)16-10-7-6-8-11-16/h6-8,10-11,15H,4-5,9,12-14H2,1-3H3,(H,21,25). The predicted molar refractivity (Wildman–Crippen MR) is 100 cm³/mol. The van der Waals surface area contributed by atoms with Crippen LogP contribution in [0.25, 0.3) is 5.69 Å². The molecule has 0 bridgehead atoms. The number of hydrogen-bond acceptors (Lipinski definition) is 3. The molecule has 0 saturated carbocycles. The van der Waals surface area contributed by atoms with Crippen molar-refractivity contribution < 1.29 is 4.79 Å². The molecule has 1 aromatic heterocycles. The highest BCUT2D eigenvalue weighted by atomic mass is 16.2. The smallest absolute Gasteiger partial charge is 0.272 e. The van der Waals surface area contributed by atoms with Crippen molar-refractivity contribution in [2.45, 2.75) is 46.1 Å². The normalized spacial score (nSPS) is 14.6. The van der Waals surface area contributed by atoms with Crippen LogP contribution in [0.2, 0.25) is 0 Å². The molecule has 1 amide bonds. The molecular weight excluding hydrogens is 312 g/mol. The molecule has 134 valence electrons. The van der Waals surface area contributed by atoms with E-state index >= 15 is 0 Å². The minimum Gasteiger partial charge on any atom is -0.349 e. The summed E-state index contributed by atoms with van der Waals surface area (Å²) in [6.07, 6.45) is 3.02. The molecule has 5 heteroatoms. The molecule has 1 unspecified atom stereocenters.